The zero-order valence-electron chi connectivity index (χ0n) is 21.0. The van der Waals surface area contributed by atoms with Crippen LogP contribution in [0.5, 0.6) is 5.75 Å². The molecule has 2 aromatic carbocycles. The van der Waals surface area contributed by atoms with Gasteiger partial charge in [0.15, 0.2) is 6.04 Å². The SMILES string of the molecule is CN1C(=O)[C@@H](n2ncnc2Cc2ccccc2)COc2ccc(CN3CCn4nc(C(F)(F)F)nc4C3)cc21. The van der Waals surface area contributed by atoms with Crippen LogP contribution in [0.25, 0.3) is 0 Å². The topological polar surface area (TPSA) is 94.2 Å². The number of alkyl halides is 3. The molecule has 0 saturated heterocycles. The van der Waals surface area contributed by atoms with E-state index in [0.29, 0.717) is 43.3 Å². The summed E-state index contributed by atoms with van der Waals surface area (Å²) in [6, 6.07) is 14.7. The molecule has 0 fully saturated rings. The summed E-state index contributed by atoms with van der Waals surface area (Å²) in [5, 5.41) is 7.93. The van der Waals surface area contributed by atoms with Gasteiger partial charge in [0.1, 0.15) is 30.3 Å². The fourth-order valence-corrected chi connectivity index (χ4v) is 4.94. The van der Waals surface area contributed by atoms with E-state index in [9.17, 15) is 18.0 Å². The van der Waals surface area contributed by atoms with E-state index in [4.69, 9.17) is 4.74 Å². The van der Waals surface area contributed by atoms with Crippen LogP contribution in [0.1, 0.15) is 34.6 Å². The van der Waals surface area contributed by atoms with Gasteiger partial charge in [0, 0.05) is 26.6 Å². The normalized spacial score (nSPS) is 17.9. The van der Waals surface area contributed by atoms with E-state index in [0.717, 1.165) is 11.1 Å². The summed E-state index contributed by atoms with van der Waals surface area (Å²) in [6.07, 6.45) is -2.60. The second-order valence-electron chi connectivity index (χ2n) is 9.59. The van der Waals surface area contributed by atoms with Crippen molar-refractivity contribution in [3.63, 3.8) is 0 Å². The number of carbonyl (C=O) groups excluding carboxylic acids is 1. The average Bonchev–Trinajstić information content (AvgIpc) is 3.54. The third-order valence-corrected chi connectivity index (χ3v) is 6.95. The first kappa shape index (κ1) is 25.0. The van der Waals surface area contributed by atoms with Crippen LogP contribution in [0.2, 0.25) is 0 Å². The first-order chi connectivity index (χ1) is 18.8. The standard InChI is InChI=1S/C26H25F3N8O2/c1-34-19-11-18(13-35-9-10-36-23(14-35)32-25(33-36)26(27,28)29)7-8-21(19)39-15-20(24(34)38)37-22(30-16-31-37)12-17-5-3-2-4-6-17/h2-8,11,16,20H,9-10,12-15H2,1H3/t20-/m0/s1. The fraction of sp³-hybridized carbons (Fsp3) is 0.346. The third kappa shape index (κ3) is 4.97. The zero-order valence-corrected chi connectivity index (χ0v) is 21.0. The summed E-state index contributed by atoms with van der Waals surface area (Å²) in [5.74, 6) is 0.206. The Hall–Kier alpha value is -4.26. The van der Waals surface area contributed by atoms with Gasteiger partial charge < -0.3 is 9.64 Å². The van der Waals surface area contributed by atoms with Gasteiger partial charge >= 0.3 is 6.18 Å². The van der Waals surface area contributed by atoms with Crippen LogP contribution in [0.3, 0.4) is 0 Å². The van der Waals surface area contributed by atoms with Gasteiger partial charge in [0.2, 0.25) is 0 Å². The van der Waals surface area contributed by atoms with Crippen molar-refractivity contribution in [3.8, 4) is 5.75 Å². The molecule has 6 rings (SSSR count). The molecule has 2 aliphatic rings. The number of hydrogen-bond acceptors (Lipinski definition) is 7. The van der Waals surface area contributed by atoms with Gasteiger partial charge in [-0.3, -0.25) is 9.69 Å². The van der Waals surface area contributed by atoms with Crippen molar-refractivity contribution in [3.05, 3.63) is 83.5 Å². The summed E-state index contributed by atoms with van der Waals surface area (Å²) in [5.41, 5.74) is 2.56. The van der Waals surface area contributed by atoms with Crippen molar-refractivity contribution < 1.29 is 22.7 Å². The number of fused-ring (bicyclic) bond motifs is 2. The molecule has 0 radical (unpaired) electrons. The molecule has 10 nitrogen and oxygen atoms in total. The number of nitrogens with zero attached hydrogens (tertiary/aromatic N) is 8. The molecule has 0 unspecified atom stereocenters. The summed E-state index contributed by atoms with van der Waals surface area (Å²) < 4.78 is 48.0. The average molecular weight is 539 g/mol. The molecule has 0 bridgehead atoms. The Morgan fingerprint density at radius 2 is 1.90 bits per heavy atom. The number of aromatic nitrogens is 6. The minimum absolute atomic E-state index is 0.101. The molecule has 0 saturated carbocycles. The minimum atomic E-state index is -4.57. The van der Waals surface area contributed by atoms with Crippen LogP contribution in [0.4, 0.5) is 18.9 Å². The van der Waals surface area contributed by atoms with Gasteiger partial charge in [-0.15, -0.1) is 5.10 Å². The molecule has 2 aliphatic heterocycles. The fourth-order valence-electron chi connectivity index (χ4n) is 4.94. The highest BCUT2D eigenvalue weighted by Gasteiger charge is 2.38. The predicted octanol–water partition coefficient (Wildman–Crippen LogP) is 3.09. The number of anilines is 1. The molecule has 202 valence electrons. The van der Waals surface area contributed by atoms with Crippen LogP contribution >= 0.6 is 0 Å². The van der Waals surface area contributed by atoms with Crippen LogP contribution < -0.4 is 9.64 Å². The van der Waals surface area contributed by atoms with E-state index < -0.39 is 18.0 Å². The van der Waals surface area contributed by atoms with E-state index in [2.05, 4.69) is 20.2 Å². The summed E-state index contributed by atoms with van der Waals surface area (Å²) >= 11 is 0. The lowest BCUT2D eigenvalue weighted by atomic mass is 10.1. The molecule has 13 heteroatoms. The van der Waals surface area contributed by atoms with Crippen LogP contribution in [-0.4, -0.2) is 60.5 Å². The van der Waals surface area contributed by atoms with Crippen molar-refractivity contribution in [1.82, 2.24) is 34.4 Å². The van der Waals surface area contributed by atoms with Gasteiger partial charge in [-0.25, -0.2) is 19.3 Å². The van der Waals surface area contributed by atoms with Crippen LogP contribution in [0, 0.1) is 0 Å². The molecule has 1 amide bonds. The molecule has 2 aromatic heterocycles. The van der Waals surface area contributed by atoms with Crippen molar-refractivity contribution in [2.45, 2.75) is 38.3 Å². The van der Waals surface area contributed by atoms with Crippen LogP contribution in [-0.2, 0) is 37.0 Å². The largest absolute Gasteiger partial charge is 0.489 e. The molecule has 39 heavy (non-hydrogen) atoms. The molecule has 0 spiro atoms. The quantitative estimate of drug-likeness (QED) is 0.386. The lowest BCUT2D eigenvalue weighted by molar-refractivity contribution is -0.145. The molecule has 0 N–H and O–H groups in total. The van der Waals surface area contributed by atoms with Gasteiger partial charge in [-0.2, -0.15) is 18.3 Å². The first-order valence-corrected chi connectivity index (χ1v) is 12.4. The Kier molecular flexibility index (Phi) is 6.29. The maximum absolute atomic E-state index is 13.6. The Morgan fingerprint density at radius 1 is 1.08 bits per heavy atom. The van der Waals surface area contributed by atoms with Gasteiger partial charge in [-0.05, 0) is 23.3 Å². The molecule has 0 aliphatic carbocycles. The number of benzene rings is 2. The number of halogens is 3. The Bertz CT molecular complexity index is 1500. The Balaban J connectivity index is 1.18. The van der Waals surface area contributed by atoms with Crippen LogP contribution in [0.15, 0.2) is 54.9 Å². The number of carbonyl (C=O) groups is 1. The number of ether oxygens (including phenoxy) is 1. The number of rotatable bonds is 5. The van der Waals surface area contributed by atoms with Crippen molar-refractivity contribution in [2.24, 2.45) is 0 Å². The van der Waals surface area contributed by atoms with E-state index in [1.807, 2.05) is 53.4 Å². The Morgan fingerprint density at radius 3 is 2.69 bits per heavy atom. The van der Waals surface area contributed by atoms with E-state index >= 15 is 0 Å². The first-order valence-electron chi connectivity index (χ1n) is 12.4. The predicted molar refractivity (Wildman–Crippen MR) is 133 cm³/mol. The van der Waals surface area contributed by atoms with Gasteiger partial charge in [0.05, 0.1) is 18.8 Å². The third-order valence-electron chi connectivity index (χ3n) is 6.95. The Labute approximate surface area is 221 Å². The molecule has 4 heterocycles. The van der Waals surface area contributed by atoms with Crippen molar-refractivity contribution in [2.75, 3.05) is 25.1 Å². The van der Waals surface area contributed by atoms with E-state index in [1.165, 1.54) is 11.0 Å². The second kappa shape index (κ2) is 9.80. The summed E-state index contributed by atoms with van der Waals surface area (Å²) in [7, 11) is 1.70. The van der Waals surface area contributed by atoms with Crippen molar-refractivity contribution in [1.29, 1.82) is 0 Å². The van der Waals surface area contributed by atoms with E-state index in [1.54, 1.807) is 16.6 Å². The highest BCUT2D eigenvalue weighted by molar-refractivity contribution is 5.97. The zero-order chi connectivity index (χ0) is 27.1. The highest BCUT2D eigenvalue weighted by Crippen LogP contribution is 2.35. The summed E-state index contributed by atoms with van der Waals surface area (Å²) in [4.78, 5) is 25.2. The number of hydrogen-bond donors (Lipinski definition) is 0. The maximum atomic E-state index is 13.6. The van der Waals surface area contributed by atoms with Crippen molar-refractivity contribution >= 4 is 11.6 Å². The second-order valence-corrected chi connectivity index (χ2v) is 9.59. The lowest BCUT2D eigenvalue weighted by Crippen LogP contribution is -2.36. The minimum Gasteiger partial charge on any atom is -0.489 e. The molecule has 1 atom stereocenters. The lowest BCUT2D eigenvalue weighted by Gasteiger charge is -2.27. The highest BCUT2D eigenvalue weighted by atomic mass is 19.4. The monoisotopic (exact) mass is 538 g/mol. The molecule has 4 aromatic rings. The van der Waals surface area contributed by atoms with Gasteiger partial charge in [-0.1, -0.05) is 36.4 Å². The van der Waals surface area contributed by atoms with Gasteiger partial charge in [0.25, 0.3) is 11.7 Å². The van der Waals surface area contributed by atoms with E-state index in [-0.39, 0.29) is 24.9 Å². The smallest absolute Gasteiger partial charge is 0.453 e. The number of likely N-dealkylation sites (N-methyl/N-ethyl adjacent to an activating group) is 1. The molecular formula is C26H25F3N8O2. The molecular weight excluding hydrogens is 513 g/mol. The maximum Gasteiger partial charge on any atom is 0.453 e. The number of amides is 1. The summed E-state index contributed by atoms with van der Waals surface area (Å²) in [6.45, 7) is 1.65.